The highest BCUT2D eigenvalue weighted by Gasteiger charge is 2.20. The molecule has 1 atom stereocenters. The van der Waals surface area contributed by atoms with E-state index < -0.39 is 0 Å². The fourth-order valence-electron chi connectivity index (χ4n) is 3.02. The van der Waals surface area contributed by atoms with Crippen LogP contribution in [0.1, 0.15) is 42.5 Å². The Morgan fingerprint density at radius 1 is 1.24 bits per heavy atom. The Hall–Kier alpha value is -2.80. The normalized spacial score (nSPS) is 11.7. The van der Waals surface area contributed by atoms with Crippen LogP contribution in [-0.2, 0) is 0 Å². The molecule has 1 aromatic heterocycles. The minimum Gasteiger partial charge on any atom is -0.493 e. The Morgan fingerprint density at radius 3 is 2.66 bits per heavy atom. The van der Waals surface area contributed by atoms with Crippen LogP contribution in [0.2, 0.25) is 0 Å². The van der Waals surface area contributed by atoms with Gasteiger partial charge < -0.3 is 19.8 Å². The van der Waals surface area contributed by atoms with E-state index in [2.05, 4.69) is 31.2 Å². The molecule has 0 aliphatic rings. The number of rotatable bonds is 8. The van der Waals surface area contributed by atoms with E-state index in [0.717, 1.165) is 17.1 Å². The topological polar surface area (TPSA) is 76.2 Å². The Labute approximate surface area is 178 Å². The van der Waals surface area contributed by atoms with Crippen LogP contribution in [0, 0.1) is 0 Å². The third-order valence-electron chi connectivity index (χ3n) is 4.50. The Balaban J connectivity index is 1.80. The van der Waals surface area contributed by atoms with Gasteiger partial charge >= 0.3 is 0 Å². The van der Waals surface area contributed by atoms with E-state index in [1.165, 1.54) is 0 Å². The maximum Gasteiger partial charge on any atom is 0.252 e. The van der Waals surface area contributed by atoms with E-state index in [0.29, 0.717) is 34.6 Å². The number of carbonyl (C=O) groups excluding carboxylic acids is 1. The van der Waals surface area contributed by atoms with E-state index in [9.17, 15) is 4.79 Å². The molecule has 152 valence electrons. The molecule has 0 spiro atoms. The molecule has 2 aromatic carbocycles. The summed E-state index contributed by atoms with van der Waals surface area (Å²) in [6.45, 7) is 4.40. The number of ether oxygens (including phenoxy) is 2. The second kappa shape index (κ2) is 9.60. The quantitative estimate of drug-likeness (QED) is 0.491. The zero-order valence-electron chi connectivity index (χ0n) is 16.7. The first-order chi connectivity index (χ1) is 14.1. The van der Waals surface area contributed by atoms with E-state index in [-0.39, 0.29) is 11.9 Å². The number of nitrogens with one attached hydrogen (secondary N) is 2. The van der Waals surface area contributed by atoms with Gasteiger partial charge in [-0.1, -0.05) is 37.3 Å². The summed E-state index contributed by atoms with van der Waals surface area (Å²) in [5.41, 5.74) is 2.44. The summed E-state index contributed by atoms with van der Waals surface area (Å²) >= 11 is 3.46. The molecule has 29 heavy (non-hydrogen) atoms. The minimum absolute atomic E-state index is 0.212. The maximum absolute atomic E-state index is 12.9. The highest BCUT2D eigenvalue weighted by atomic mass is 79.9. The fourth-order valence-corrected chi connectivity index (χ4v) is 3.58. The molecule has 0 aliphatic heterocycles. The van der Waals surface area contributed by atoms with Gasteiger partial charge in [0.15, 0.2) is 11.5 Å². The first kappa shape index (κ1) is 20.9. The lowest BCUT2D eigenvalue weighted by Crippen LogP contribution is -2.29. The van der Waals surface area contributed by atoms with Crippen LogP contribution in [0.25, 0.3) is 11.3 Å². The van der Waals surface area contributed by atoms with Crippen molar-refractivity contribution in [3.05, 3.63) is 64.5 Å². The van der Waals surface area contributed by atoms with Gasteiger partial charge in [-0.05, 0) is 47.0 Å². The zero-order valence-corrected chi connectivity index (χ0v) is 18.2. The molecule has 0 bridgehead atoms. The number of aromatic nitrogens is 2. The highest BCUT2D eigenvalue weighted by Crippen LogP contribution is 2.36. The number of hydrogen-bond acceptors (Lipinski definition) is 4. The van der Waals surface area contributed by atoms with Crippen LogP contribution in [0.15, 0.2) is 53.1 Å². The number of nitrogens with zero attached hydrogens (tertiary/aromatic N) is 1. The van der Waals surface area contributed by atoms with Gasteiger partial charge in [-0.2, -0.15) is 0 Å². The summed E-state index contributed by atoms with van der Waals surface area (Å²) in [5.74, 6) is 1.59. The maximum atomic E-state index is 12.9. The molecule has 1 heterocycles. The number of benzene rings is 2. The number of amides is 1. The van der Waals surface area contributed by atoms with E-state index in [4.69, 9.17) is 9.47 Å². The van der Waals surface area contributed by atoms with Crippen molar-refractivity contribution in [2.24, 2.45) is 0 Å². The molecule has 0 saturated carbocycles. The van der Waals surface area contributed by atoms with Crippen molar-refractivity contribution in [1.82, 2.24) is 15.3 Å². The van der Waals surface area contributed by atoms with Gasteiger partial charge in [0.05, 0.1) is 36.1 Å². The predicted octanol–water partition coefficient (Wildman–Crippen LogP) is 5.13. The summed E-state index contributed by atoms with van der Waals surface area (Å²) in [6.07, 6.45) is 2.48. The first-order valence-corrected chi connectivity index (χ1v) is 10.3. The predicted molar refractivity (Wildman–Crippen MR) is 116 cm³/mol. The van der Waals surface area contributed by atoms with Gasteiger partial charge in [0, 0.05) is 5.56 Å². The summed E-state index contributed by atoms with van der Waals surface area (Å²) in [5, 5.41) is 3.04. The lowest BCUT2D eigenvalue weighted by atomic mass is 10.1. The molecule has 7 heteroatoms. The monoisotopic (exact) mass is 457 g/mol. The van der Waals surface area contributed by atoms with Gasteiger partial charge in [-0.15, -0.1) is 0 Å². The lowest BCUT2D eigenvalue weighted by Gasteiger charge is -2.17. The highest BCUT2D eigenvalue weighted by molar-refractivity contribution is 9.10. The average molecular weight is 458 g/mol. The Bertz CT molecular complexity index is 973. The third kappa shape index (κ3) is 4.79. The summed E-state index contributed by atoms with van der Waals surface area (Å²) in [6, 6.07) is 13.1. The molecule has 1 amide bonds. The molecule has 0 fully saturated rings. The van der Waals surface area contributed by atoms with E-state index in [1.807, 2.05) is 44.2 Å². The van der Waals surface area contributed by atoms with Crippen molar-refractivity contribution in [3.8, 4) is 22.8 Å². The molecule has 6 nitrogen and oxygen atoms in total. The number of H-pyrrole nitrogens is 1. The van der Waals surface area contributed by atoms with Crippen LogP contribution in [0.3, 0.4) is 0 Å². The number of imidazole rings is 1. The van der Waals surface area contributed by atoms with Crippen molar-refractivity contribution in [2.45, 2.75) is 26.3 Å². The van der Waals surface area contributed by atoms with Crippen LogP contribution in [-0.4, -0.2) is 29.6 Å². The van der Waals surface area contributed by atoms with Crippen LogP contribution in [0.4, 0.5) is 0 Å². The SMILES string of the molecule is CCOc1c(Br)cc(C(=O)NC(CC)c2ncc(-c3ccccc3)[nH]2)cc1OC. The number of halogens is 1. The summed E-state index contributed by atoms with van der Waals surface area (Å²) in [7, 11) is 1.55. The van der Waals surface area contributed by atoms with Crippen molar-refractivity contribution in [2.75, 3.05) is 13.7 Å². The standard InChI is InChI=1S/C22H24BrN3O3/c1-4-17(21-24-13-18(25-21)14-9-7-6-8-10-14)26-22(27)15-11-16(23)20(29-5-2)19(12-15)28-3/h6-13,17H,4-5H2,1-3H3,(H,24,25)(H,26,27). The molecule has 1 unspecified atom stereocenters. The second-order valence-electron chi connectivity index (χ2n) is 6.40. The lowest BCUT2D eigenvalue weighted by molar-refractivity contribution is 0.0933. The fraction of sp³-hybridized carbons (Fsp3) is 0.273. The van der Waals surface area contributed by atoms with Gasteiger partial charge in [-0.25, -0.2) is 4.98 Å². The van der Waals surface area contributed by atoms with Crippen LogP contribution >= 0.6 is 15.9 Å². The molecule has 0 radical (unpaired) electrons. The molecule has 2 N–H and O–H groups in total. The van der Waals surface area contributed by atoms with Crippen LogP contribution in [0.5, 0.6) is 11.5 Å². The van der Waals surface area contributed by atoms with Crippen molar-refractivity contribution < 1.29 is 14.3 Å². The summed E-state index contributed by atoms with van der Waals surface area (Å²) < 4.78 is 11.6. The smallest absolute Gasteiger partial charge is 0.252 e. The molecular weight excluding hydrogens is 434 g/mol. The molecular formula is C22H24BrN3O3. The molecule has 0 aliphatic carbocycles. The Morgan fingerprint density at radius 2 is 2.00 bits per heavy atom. The van der Waals surface area contributed by atoms with Gasteiger partial charge in [0.25, 0.3) is 5.91 Å². The first-order valence-electron chi connectivity index (χ1n) is 9.48. The van der Waals surface area contributed by atoms with Crippen molar-refractivity contribution in [3.63, 3.8) is 0 Å². The third-order valence-corrected chi connectivity index (χ3v) is 5.09. The molecule has 3 aromatic rings. The van der Waals surface area contributed by atoms with Crippen molar-refractivity contribution in [1.29, 1.82) is 0 Å². The van der Waals surface area contributed by atoms with Gasteiger partial charge in [0.2, 0.25) is 0 Å². The van der Waals surface area contributed by atoms with Gasteiger partial charge in [0.1, 0.15) is 5.82 Å². The summed E-state index contributed by atoms with van der Waals surface area (Å²) in [4.78, 5) is 20.7. The van der Waals surface area contributed by atoms with Crippen molar-refractivity contribution >= 4 is 21.8 Å². The molecule has 0 saturated heterocycles. The number of hydrogen-bond donors (Lipinski definition) is 2. The molecule has 3 rings (SSSR count). The van der Waals surface area contributed by atoms with E-state index in [1.54, 1.807) is 25.4 Å². The average Bonchev–Trinajstić information content (AvgIpc) is 3.23. The number of aromatic amines is 1. The van der Waals surface area contributed by atoms with Gasteiger partial charge in [-0.3, -0.25) is 4.79 Å². The second-order valence-corrected chi connectivity index (χ2v) is 7.26. The number of carbonyl (C=O) groups is 1. The Kier molecular flexibility index (Phi) is 6.93. The van der Waals surface area contributed by atoms with E-state index >= 15 is 0 Å². The largest absolute Gasteiger partial charge is 0.493 e. The van der Waals surface area contributed by atoms with Crippen LogP contribution < -0.4 is 14.8 Å². The zero-order chi connectivity index (χ0) is 20.8. The number of methoxy groups -OCH3 is 1. The minimum atomic E-state index is -0.240.